The summed E-state index contributed by atoms with van der Waals surface area (Å²) >= 11 is 0. The normalized spacial score (nSPS) is 24.9. The first-order valence-corrected chi connectivity index (χ1v) is 34.3. The van der Waals surface area contributed by atoms with Gasteiger partial charge in [-0.3, -0.25) is 62.5 Å². The Hall–Kier alpha value is -8.23. The van der Waals surface area contributed by atoms with Crippen LogP contribution in [0, 0.1) is 0 Å². The van der Waals surface area contributed by atoms with Crippen molar-refractivity contribution >= 4 is 98.5 Å². The topological polar surface area (TPSA) is 569 Å². The Kier molecular flexibility index (Phi) is 33.7. The zero-order chi connectivity index (χ0) is 71.1. The number of unbranched alkanes of at least 4 members (excludes halogenated alkanes) is 5. The van der Waals surface area contributed by atoms with Crippen molar-refractivity contribution in [1.29, 1.82) is 0 Å². The minimum absolute atomic E-state index is 0.0203. The minimum atomic E-state index is -1.83. The second-order valence-electron chi connectivity index (χ2n) is 23.5. The average molecular weight is 1400 g/mol. The Morgan fingerprint density at radius 3 is 1.91 bits per heavy atom. The number of nitrogens with two attached hydrogens (primary N) is 6. The monoisotopic (exact) mass is 1400 g/mol. The summed E-state index contributed by atoms with van der Waals surface area (Å²) in [5, 5.41) is 57.3. The van der Waals surface area contributed by atoms with Crippen LogP contribution >= 0.6 is 21.6 Å². The number of amides is 11. The highest BCUT2D eigenvalue weighted by molar-refractivity contribution is 8.76. The van der Waals surface area contributed by atoms with Crippen molar-refractivity contribution < 1.29 is 92.2 Å². The molecule has 0 bridgehead atoms. The summed E-state index contributed by atoms with van der Waals surface area (Å²) in [4.78, 5) is 168. The highest BCUT2D eigenvalue weighted by Crippen LogP contribution is 2.27. The maximum Gasteiger partial charge on any atom is 0.311 e. The lowest BCUT2D eigenvalue weighted by molar-refractivity contribution is -0.301. The number of carbonyl (C=O) groups is 12. The van der Waals surface area contributed by atoms with E-state index in [1.807, 2.05) is 0 Å². The van der Waals surface area contributed by atoms with Gasteiger partial charge in [0.15, 0.2) is 12.2 Å². The van der Waals surface area contributed by atoms with E-state index < -0.39 is 182 Å². The van der Waals surface area contributed by atoms with Crippen LogP contribution in [0.5, 0.6) is 5.75 Å². The van der Waals surface area contributed by atoms with Crippen molar-refractivity contribution in [1.82, 2.24) is 42.1 Å². The lowest BCUT2D eigenvalue weighted by Gasteiger charge is -2.39. The van der Waals surface area contributed by atoms with Gasteiger partial charge in [0, 0.05) is 56.9 Å². The molecule has 2 unspecified atom stereocenters. The van der Waals surface area contributed by atoms with Gasteiger partial charge in [-0.15, -0.1) is 0 Å². The summed E-state index contributed by atoms with van der Waals surface area (Å²) in [6.45, 7) is -0.877. The second kappa shape index (κ2) is 41.1. The lowest BCUT2D eigenvalue weighted by atomic mass is 9.99. The quantitative estimate of drug-likeness (QED) is 0.00835. The first-order chi connectivity index (χ1) is 46.2. The highest BCUT2D eigenvalue weighted by Gasteiger charge is 2.45. The van der Waals surface area contributed by atoms with Gasteiger partial charge in [-0.1, -0.05) is 89.7 Å². The number of likely N-dealkylation sites (tertiary alicyclic amines) is 1. The molecule has 2 aromatic carbocycles. The fraction of sp³-hybridized carbons (Fsp3) is 0.590. The molecule has 3 saturated heterocycles. The van der Waals surface area contributed by atoms with Gasteiger partial charge in [0.1, 0.15) is 72.5 Å². The number of carbonyl (C=O) groups excluding carboxylic acids is 12. The van der Waals surface area contributed by atoms with Crippen LogP contribution in [-0.2, 0) is 79.8 Å². The predicted octanol–water partition coefficient (Wildman–Crippen LogP) is -5.66. The number of primary amides is 3. The van der Waals surface area contributed by atoms with E-state index in [0.717, 1.165) is 40.9 Å². The Morgan fingerprint density at radius 1 is 0.670 bits per heavy atom. The van der Waals surface area contributed by atoms with Gasteiger partial charge in [-0.25, -0.2) is 0 Å². The number of hydrogen-bond donors (Lipinski definition) is 17. The summed E-state index contributed by atoms with van der Waals surface area (Å²) in [7, 11) is 1.95. The molecular weight excluding hydrogens is 1310 g/mol. The molecule has 0 saturated carbocycles. The minimum Gasteiger partial charge on any atom is -0.427 e. The molecule has 536 valence electrons. The fourth-order valence-electron chi connectivity index (χ4n) is 10.5. The maximum absolute atomic E-state index is 14.8. The van der Waals surface area contributed by atoms with Crippen LogP contribution in [0.25, 0.3) is 0 Å². The molecule has 5 rings (SSSR count). The zero-order valence-electron chi connectivity index (χ0n) is 53.6. The Balaban J connectivity index is 1.34. The molecule has 34 nitrogen and oxygen atoms in total. The number of aliphatic hydroxyl groups excluding tert-OH is 4. The van der Waals surface area contributed by atoms with Gasteiger partial charge < -0.3 is 111 Å². The number of nitrogens with zero attached hydrogens (tertiary/aromatic N) is 2. The summed E-state index contributed by atoms with van der Waals surface area (Å²) in [6, 6.07) is 2.63. The Morgan fingerprint density at radius 2 is 1.27 bits per heavy atom. The number of benzene rings is 2. The molecule has 23 N–H and O–H groups in total. The van der Waals surface area contributed by atoms with Gasteiger partial charge in [-0.2, -0.15) is 0 Å². The number of ether oxygens (including phenoxy) is 3. The number of aliphatic imine (C=N–C) groups is 1. The van der Waals surface area contributed by atoms with Crippen molar-refractivity contribution in [2.24, 2.45) is 39.4 Å². The van der Waals surface area contributed by atoms with Crippen molar-refractivity contribution in [3.63, 3.8) is 0 Å². The van der Waals surface area contributed by atoms with Crippen LogP contribution in [0.15, 0.2) is 59.6 Å². The van der Waals surface area contributed by atoms with Gasteiger partial charge in [0.2, 0.25) is 65.0 Å². The molecule has 13 atom stereocenters. The van der Waals surface area contributed by atoms with Crippen LogP contribution < -0.4 is 76.4 Å². The van der Waals surface area contributed by atoms with Crippen molar-refractivity contribution in [2.75, 3.05) is 44.4 Å². The Bertz CT molecular complexity index is 3030. The molecule has 3 fully saturated rings. The van der Waals surface area contributed by atoms with Gasteiger partial charge in [0.05, 0.1) is 25.6 Å². The van der Waals surface area contributed by atoms with E-state index in [-0.39, 0.29) is 87.9 Å². The van der Waals surface area contributed by atoms with E-state index in [1.165, 1.54) is 17.0 Å². The van der Waals surface area contributed by atoms with E-state index in [2.05, 4.69) is 42.2 Å². The molecule has 0 radical (unpaired) electrons. The van der Waals surface area contributed by atoms with Crippen LogP contribution in [0.4, 0.5) is 0 Å². The van der Waals surface area contributed by atoms with Gasteiger partial charge >= 0.3 is 5.97 Å². The van der Waals surface area contributed by atoms with Gasteiger partial charge in [0.25, 0.3) is 0 Å². The van der Waals surface area contributed by atoms with Crippen LogP contribution in [0.2, 0.25) is 0 Å². The van der Waals surface area contributed by atoms with Crippen LogP contribution in [-0.4, -0.2) is 226 Å². The smallest absolute Gasteiger partial charge is 0.311 e. The third-order valence-electron chi connectivity index (χ3n) is 15.8. The van der Waals surface area contributed by atoms with Crippen molar-refractivity contribution in [3.8, 4) is 5.75 Å². The number of hydrogen-bond acceptors (Lipinski definition) is 23. The first kappa shape index (κ1) is 79.5. The fourth-order valence-corrected chi connectivity index (χ4v) is 12.8. The van der Waals surface area contributed by atoms with Crippen molar-refractivity contribution in [3.05, 3.63) is 65.7 Å². The van der Waals surface area contributed by atoms with Gasteiger partial charge in [-0.05, 0) is 68.2 Å². The molecule has 36 heteroatoms. The summed E-state index contributed by atoms with van der Waals surface area (Å²) in [5.41, 5.74) is 34.6. The molecule has 0 spiro atoms. The zero-order valence-corrected chi connectivity index (χ0v) is 55.2. The molecule has 3 heterocycles. The number of aliphatic hydroxyl groups is 4. The largest absolute Gasteiger partial charge is 0.427 e. The number of guanidine groups is 1. The number of rotatable bonds is 31. The molecule has 0 aliphatic carbocycles. The SMILES string of the molecule is NC(=O)CC[C@@H]1NC(=O)[C@H](Cc2ccccc2)NC(=O)C(Cc2ccc(OC(=O)CCCCCCCCO[C@@H]3O[C@H](CO)[C@@H](O)[C@H](O)[C@@H]3O)cc2)NC(=O)[C@@H](N)CSSC[C@@H](C(=O)N2CCC[C@H]2C(=O)N[C@@H](CCCN=C(N)N)C(=O)NCC(N)=O)NC(=O)C(CC(N)=O)NC1=O. The molecule has 3 aliphatic rings. The third-order valence-corrected chi connectivity index (χ3v) is 18.2. The molecule has 2 aromatic rings. The molecule has 11 amide bonds. The highest BCUT2D eigenvalue weighted by atomic mass is 33.1. The van der Waals surface area contributed by atoms with E-state index in [9.17, 15) is 78.0 Å². The van der Waals surface area contributed by atoms with E-state index >= 15 is 0 Å². The molecule has 97 heavy (non-hydrogen) atoms. The second-order valence-corrected chi connectivity index (χ2v) is 26.0. The molecule has 0 aromatic heterocycles. The third kappa shape index (κ3) is 27.3. The van der Waals surface area contributed by atoms with Crippen molar-refractivity contribution in [2.45, 2.75) is 182 Å². The average Bonchev–Trinajstić information content (AvgIpc) is 1.81. The molecular formula is C61H91N15O19S2. The Labute approximate surface area is 567 Å². The van der Waals surface area contributed by atoms with Crippen LogP contribution in [0.1, 0.15) is 101 Å². The standard InChI is InChI=1S/C61H91N15O19S2/c62-36-31-96-97-32-42(59(92)76-24-11-15-43(76)58(91)71-37(14-10-23-68-61(66)67)53(86)69-29-47(65)80)75-57(90)41(28-46(64)79)74-54(87)38(21-22-45(63)78)70-55(88)40(26-33-12-6-5-7-13-33)73-56(89)39(72-52(36)85)27-34-17-19-35(20-18-34)94-48(81)16-8-3-1-2-4-9-25-93-60-51(84)50(83)49(82)44(30-77)95-60/h5-7,12-13,17-20,36-44,49-51,60,77,82-84H,1-4,8-11,14-16,21-32,62H2,(H2,63,78)(H2,64,79)(H2,65,80)(H,69,86)(H,70,88)(H,71,91)(H,72,85)(H,73,89)(H,74,87)(H,75,90)(H4,66,67,68)/t36-,37-,38-,39?,40-,41?,42-,43-,44+,49+,50-,51-,60+/m0/s1. The summed E-state index contributed by atoms with van der Waals surface area (Å²) < 4.78 is 16.5. The number of nitrogens with one attached hydrogen (secondary N) is 7. The summed E-state index contributed by atoms with van der Waals surface area (Å²) in [5.74, 6) is -11.2. The van der Waals surface area contributed by atoms with E-state index in [0.29, 0.717) is 30.4 Å². The van der Waals surface area contributed by atoms with E-state index in [1.54, 1.807) is 42.5 Å². The first-order valence-electron chi connectivity index (χ1n) is 31.8. The lowest BCUT2D eigenvalue weighted by Crippen LogP contribution is -2.61. The molecule has 3 aliphatic heterocycles. The van der Waals surface area contributed by atoms with E-state index in [4.69, 9.17) is 48.6 Å². The summed E-state index contributed by atoms with van der Waals surface area (Å²) in [6.07, 6.45) is -4.21. The van der Waals surface area contributed by atoms with Crippen LogP contribution in [0.3, 0.4) is 0 Å². The predicted molar refractivity (Wildman–Crippen MR) is 352 cm³/mol. The maximum atomic E-state index is 14.8. The number of esters is 1.